The number of para-hydroxylation sites is 1. The Balaban J connectivity index is 1.95. The van der Waals surface area contributed by atoms with Gasteiger partial charge in [-0.2, -0.15) is 4.99 Å². The highest BCUT2D eigenvalue weighted by molar-refractivity contribution is 7.16. The molecule has 1 aromatic heterocycles. The highest BCUT2D eigenvalue weighted by atomic mass is 35.5. The van der Waals surface area contributed by atoms with E-state index < -0.39 is 5.91 Å². The first-order valence-electron chi connectivity index (χ1n) is 7.25. The van der Waals surface area contributed by atoms with E-state index in [1.54, 1.807) is 28.8 Å². The van der Waals surface area contributed by atoms with Gasteiger partial charge in [0.05, 0.1) is 21.8 Å². The van der Waals surface area contributed by atoms with E-state index in [9.17, 15) is 4.79 Å². The zero-order chi connectivity index (χ0) is 17.8. The molecular weight excluding hydrogens is 379 g/mol. The number of nitrogens with zero attached hydrogens (tertiary/aromatic N) is 2. The number of carbonyl (C=O) groups is 1. The molecule has 0 bridgehead atoms. The predicted octanol–water partition coefficient (Wildman–Crippen LogP) is 4.15. The number of fused-ring (bicyclic) bond motifs is 1. The lowest BCUT2D eigenvalue weighted by Crippen LogP contribution is -2.19. The van der Waals surface area contributed by atoms with Crippen LogP contribution in [0.25, 0.3) is 10.2 Å². The highest BCUT2D eigenvalue weighted by Crippen LogP contribution is 2.29. The van der Waals surface area contributed by atoms with Gasteiger partial charge in [-0.1, -0.05) is 58.7 Å². The molecule has 0 spiro atoms. The second-order valence-corrected chi connectivity index (χ2v) is 6.87. The van der Waals surface area contributed by atoms with Gasteiger partial charge in [0.2, 0.25) is 0 Å². The van der Waals surface area contributed by atoms with Gasteiger partial charge >= 0.3 is 0 Å². The summed E-state index contributed by atoms with van der Waals surface area (Å²) in [7, 11) is 0. The molecule has 0 saturated heterocycles. The van der Waals surface area contributed by atoms with Crippen molar-refractivity contribution in [3.63, 3.8) is 0 Å². The minimum absolute atomic E-state index is 0.164. The lowest BCUT2D eigenvalue weighted by molar-refractivity contribution is -0.120. The van der Waals surface area contributed by atoms with Crippen LogP contribution in [0.3, 0.4) is 0 Å². The number of halogens is 2. The van der Waals surface area contributed by atoms with Crippen molar-refractivity contribution in [2.75, 3.05) is 6.61 Å². The summed E-state index contributed by atoms with van der Waals surface area (Å²) < 4.78 is 7.95. The molecule has 1 heterocycles. The maximum atomic E-state index is 12.2. The molecule has 2 aromatic carbocycles. The van der Waals surface area contributed by atoms with Crippen molar-refractivity contribution in [2.45, 2.75) is 6.54 Å². The molecule has 0 aliphatic carbocycles. The van der Waals surface area contributed by atoms with Gasteiger partial charge in [-0.15, -0.1) is 6.42 Å². The number of amides is 1. The largest absolute Gasteiger partial charge is 0.484 e. The van der Waals surface area contributed by atoms with Crippen molar-refractivity contribution in [2.24, 2.45) is 4.99 Å². The number of hydrogen-bond donors (Lipinski definition) is 0. The summed E-state index contributed by atoms with van der Waals surface area (Å²) in [4.78, 5) is 16.7. The van der Waals surface area contributed by atoms with Gasteiger partial charge in [0.25, 0.3) is 5.91 Å². The standard InChI is InChI=1S/C18H12Cl2N2O2S/c1-2-8-22-17-14(20)9-12(19)10-15(17)25-18(22)21-16(23)11-24-13-6-4-3-5-7-13/h1,3-7,9-10H,8,11H2. The normalized spacial score (nSPS) is 11.5. The molecule has 0 aliphatic rings. The van der Waals surface area contributed by atoms with Gasteiger partial charge in [-0.3, -0.25) is 4.79 Å². The monoisotopic (exact) mass is 390 g/mol. The number of thiazole rings is 1. The van der Waals surface area contributed by atoms with Crippen LogP contribution in [-0.4, -0.2) is 17.1 Å². The van der Waals surface area contributed by atoms with Crippen LogP contribution in [-0.2, 0) is 11.3 Å². The number of ether oxygens (including phenoxy) is 1. The SMILES string of the molecule is C#CCn1c(=NC(=O)COc2ccccc2)sc2cc(Cl)cc(Cl)c21. The maximum Gasteiger partial charge on any atom is 0.286 e. The number of aromatic nitrogens is 1. The predicted molar refractivity (Wildman–Crippen MR) is 101 cm³/mol. The van der Waals surface area contributed by atoms with Gasteiger partial charge in [0, 0.05) is 5.02 Å². The van der Waals surface area contributed by atoms with E-state index in [0.29, 0.717) is 26.1 Å². The summed E-state index contributed by atoms with van der Waals surface area (Å²) in [6.45, 7) is 0.0792. The molecule has 0 saturated carbocycles. The van der Waals surface area contributed by atoms with Gasteiger partial charge in [-0.05, 0) is 24.3 Å². The van der Waals surface area contributed by atoms with Crippen molar-refractivity contribution in [1.82, 2.24) is 4.57 Å². The van der Waals surface area contributed by atoms with E-state index in [4.69, 9.17) is 34.4 Å². The third-order valence-electron chi connectivity index (χ3n) is 3.27. The van der Waals surface area contributed by atoms with Crippen LogP contribution in [0.5, 0.6) is 5.75 Å². The number of terminal acetylenes is 1. The summed E-state index contributed by atoms with van der Waals surface area (Å²) in [5, 5.41) is 0.973. The Labute approximate surface area is 158 Å². The van der Waals surface area contributed by atoms with Gasteiger partial charge < -0.3 is 9.30 Å². The Morgan fingerprint density at radius 2 is 2.04 bits per heavy atom. The Kier molecular flexibility index (Phi) is 5.44. The van der Waals surface area contributed by atoms with Crippen molar-refractivity contribution < 1.29 is 9.53 Å². The van der Waals surface area contributed by atoms with Crippen LogP contribution in [0.2, 0.25) is 10.0 Å². The minimum atomic E-state index is -0.414. The lowest BCUT2D eigenvalue weighted by Gasteiger charge is -2.03. The zero-order valence-electron chi connectivity index (χ0n) is 12.9. The second-order valence-electron chi connectivity index (χ2n) is 5.02. The Bertz CT molecular complexity index is 1030. The maximum absolute atomic E-state index is 12.2. The third-order valence-corrected chi connectivity index (χ3v) is 4.80. The second kappa shape index (κ2) is 7.75. The molecule has 4 nitrogen and oxygen atoms in total. The fourth-order valence-electron chi connectivity index (χ4n) is 2.25. The quantitative estimate of drug-likeness (QED) is 0.628. The molecule has 0 atom stereocenters. The topological polar surface area (TPSA) is 43.6 Å². The molecule has 3 rings (SSSR count). The van der Waals surface area contributed by atoms with Gasteiger partial charge in [0.1, 0.15) is 5.75 Å². The van der Waals surface area contributed by atoms with E-state index >= 15 is 0 Å². The molecular formula is C18H12Cl2N2O2S. The van der Waals surface area contributed by atoms with Crippen molar-refractivity contribution >= 4 is 50.7 Å². The highest BCUT2D eigenvalue weighted by Gasteiger charge is 2.12. The Hall–Kier alpha value is -2.26. The van der Waals surface area contributed by atoms with E-state index in [0.717, 1.165) is 4.70 Å². The van der Waals surface area contributed by atoms with Crippen LogP contribution in [0, 0.1) is 12.3 Å². The van der Waals surface area contributed by atoms with Crippen molar-refractivity contribution in [1.29, 1.82) is 0 Å². The first-order valence-corrected chi connectivity index (χ1v) is 8.83. The Morgan fingerprint density at radius 3 is 2.76 bits per heavy atom. The molecule has 0 aliphatic heterocycles. The molecule has 0 fully saturated rings. The van der Waals surface area contributed by atoms with Crippen LogP contribution >= 0.6 is 34.5 Å². The van der Waals surface area contributed by atoms with Crippen molar-refractivity contribution in [3.05, 3.63) is 57.3 Å². The molecule has 7 heteroatoms. The average molecular weight is 391 g/mol. The average Bonchev–Trinajstić information content (AvgIpc) is 2.91. The fourth-order valence-corrected chi connectivity index (χ4v) is 4.08. The number of carbonyl (C=O) groups excluding carboxylic acids is 1. The molecule has 0 radical (unpaired) electrons. The van der Waals surface area contributed by atoms with Crippen molar-refractivity contribution in [3.8, 4) is 18.1 Å². The lowest BCUT2D eigenvalue weighted by atomic mass is 10.3. The molecule has 0 N–H and O–H groups in total. The molecule has 3 aromatic rings. The van der Waals surface area contributed by atoms with E-state index in [2.05, 4.69) is 10.9 Å². The zero-order valence-corrected chi connectivity index (χ0v) is 15.2. The Morgan fingerprint density at radius 1 is 1.28 bits per heavy atom. The number of benzene rings is 2. The summed E-state index contributed by atoms with van der Waals surface area (Å²) in [6.07, 6.45) is 5.44. The summed E-state index contributed by atoms with van der Waals surface area (Å²) in [5.74, 6) is 2.74. The molecule has 0 unspecified atom stereocenters. The summed E-state index contributed by atoms with van der Waals surface area (Å²) in [5.41, 5.74) is 0.713. The molecule has 25 heavy (non-hydrogen) atoms. The third kappa shape index (κ3) is 4.05. The van der Waals surface area contributed by atoms with Crippen LogP contribution in [0.4, 0.5) is 0 Å². The van der Waals surface area contributed by atoms with Crippen LogP contribution in [0.1, 0.15) is 0 Å². The van der Waals surface area contributed by atoms with Gasteiger partial charge in [0.15, 0.2) is 11.4 Å². The number of hydrogen-bond acceptors (Lipinski definition) is 3. The first-order chi connectivity index (χ1) is 12.1. The first kappa shape index (κ1) is 17.6. The molecule has 126 valence electrons. The fraction of sp³-hybridized carbons (Fsp3) is 0.111. The molecule has 1 amide bonds. The summed E-state index contributed by atoms with van der Waals surface area (Å²) in [6, 6.07) is 12.5. The van der Waals surface area contributed by atoms with Crippen LogP contribution in [0.15, 0.2) is 47.5 Å². The van der Waals surface area contributed by atoms with Crippen LogP contribution < -0.4 is 9.54 Å². The number of rotatable bonds is 4. The van der Waals surface area contributed by atoms with E-state index in [-0.39, 0.29) is 13.2 Å². The minimum Gasteiger partial charge on any atom is -0.484 e. The van der Waals surface area contributed by atoms with E-state index in [1.807, 2.05) is 18.2 Å². The van der Waals surface area contributed by atoms with Gasteiger partial charge in [-0.25, -0.2) is 0 Å². The smallest absolute Gasteiger partial charge is 0.286 e. The summed E-state index contributed by atoms with van der Waals surface area (Å²) >= 11 is 13.6. The van der Waals surface area contributed by atoms with E-state index in [1.165, 1.54) is 11.3 Å².